The highest BCUT2D eigenvalue weighted by Gasteiger charge is 2.30. The van der Waals surface area contributed by atoms with E-state index in [9.17, 15) is 9.90 Å². The molecule has 1 saturated carbocycles. The molecule has 0 radical (unpaired) electrons. The summed E-state index contributed by atoms with van der Waals surface area (Å²) in [5.74, 6) is 0.0843. The number of nitrogens with zero attached hydrogens (tertiary/aromatic N) is 4. The number of anilines is 1. The van der Waals surface area contributed by atoms with Crippen LogP contribution in [0.15, 0.2) is 24.5 Å². The number of hydrogen-bond donors (Lipinski definition) is 2. The molecule has 3 aromatic heterocycles. The summed E-state index contributed by atoms with van der Waals surface area (Å²) in [6, 6.07) is 3.43. The van der Waals surface area contributed by atoms with Crippen LogP contribution in [0, 0.1) is 6.92 Å². The lowest BCUT2D eigenvalue weighted by Crippen LogP contribution is -2.34. The predicted molar refractivity (Wildman–Crippen MR) is 125 cm³/mol. The molecule has 3 heterocycles. The lowest BCUT2D eigenvalue weighted by Gasteiger charge is -2.32. The first-order chi connectivity index (χ1) is 15.7. The molecule has 0 unspecified atom stereocenters. The van der Waals surface area contributed by atoms with Crippen LogP contribution >= 0.6 is 22.9 Å². The Balaban J connectivity index is 1.52. The quantitative estimate of drug-likeness (QED) is 0.492. The Kier molecular flexibility index (Phi) is 6.78. The Morgan fingerprint density at radius 1 is 1.21 bits per heavy atom. The first-order valence-corrected chi connectivity index (χ1v) is 11.6. The first kappa shape index (κ1) is 23.3. The van der Waals surface area contributed by atoms with E-state index in [1.165, 1.54) is 19.5 Å². The summed E-state index contributed by atoms with van der Waals surface area (Å²) in [5.41, 5.74) is 1.66. The number of ether oxygens (including phenoxy) is 2. The Labute approximate surface area is 200 Å². The minimum absolute atomic E-state index is 0.0291. The van der Waals surface area contributed by atoms with Gasteiger partial charge in [0.25, 0.3) is 11.1 Å². The van der Waals surface area contributed by atoms with Crippen molar-refractivity contribution in [2.24, 2.45) is 0 Å². The van der Waals surface area contributed by atoms with Crippen LogP contribution in [-0.4, -0.2) is 50.0 Å². The number of carbonyl (C=O) groups excluding carboxylic acids is 1. The Morgan fingerprint density at radius 2 is 1.97 bits per heavy atom. The monoisotopic (exact) mass is 489 g/mol. The second kappa shape index (κ2) is 9.58. The molecular weight excluding hydrogens is 466 g/mol. The van der Waals surface area contributed by atoms with Crippen LogP contribution < -0.4 is 14.8 Å². The van der Waals surface area contributed by atoms with Gasteiger partial charge < -0.3 is 14.6 Å². The average molecular weight is 490 g/mol. The van der Waals surface area contributed by atoms with E-state index in [2.05, 4.69) is 25.5 Å². The maximum Gasteiger partial charge on any atom is 0.296 e. The second-order valence-electron chi connectivity index (χ2n) is 8.22. The number of hydrogen-bond acceptors (Lipinski definition) is 9. The summed E-state index contributed by atoms with van der Waals surface area (Å²) in [5, 5.41) is 21.9. The van der Waals surface area contributed by atoms with Crippen molar-refractivity contribution in [1.29, 1.82) is 0 Å². The Hall–Kier alpha value is -2.82. The van der Waals surface area contributed by atoms with Crippen molar-refractivity contribution < 1.29 is 19.4 Å². The molecule has 1 amide bonds. The van der Waals surface area contributed by atoms with E-state index in [1.54, 1.807) is 12.1 Å². The largest absolute Gasteiger partial charge is 0.494 e. The molecule has 0 saturated heterocycles. The van der Waals surface area contributed by atoms with Gasteiger partial charge in [-0.2, -0.15) is 0 Å². The highest BCUT2D eigenvalue weighted by molar-refractivity contribution is 7.17. The van der Waals surface area contributed by atoms with E-state index >= 15 is 0 Å². The number of nitrogens with one attached hydrogen (secondary N) is 1. The van der Waals surface area contributed by atoms with Crippen molar-refractivity contribution >= 4 is 34.0 Å². The number of aliphatic hydroxyl groups is 1. The Bertz CT molecular complexity index is 1160. The van der Waals surface area contributed by atoms with Crippen LogP contribution in [0.2, 0.25) is 5.15 Å². The Morgan fingerprint density at radius 3 is 2.70 bits per heavy atom. The van der Waals surface area contributed by atoms with E-state index < -0.39 is 11.5 Å². The van der Waals surface area contributed by atoms with Crippen LogP contribution in [-0.2, 0) is 0 Å². The van der Waals surface area contributed by atoms with Gasteiger partial charge in [0.1, 0.15) is 17.0 Å². The van der Waals surface area contributed by atoms with Gasteiger partial charge in [-0.1, -0.05) is 16.7 Å². The van der Waals surface area contributed by atoms with Crippen molar-refractivity contribution in [1.82, 2.24) is 20.2 Å². The molecule has 1 fully saturated rings. The summed E-state index contributed by atoms with van der Waals surface area (Å²) in [7, 11) is 1.53. The third kappa shape index (κ3) is 5.58. The topological polar surface area (TPSA) is 119 Å². The van der Waals surface area contributed by atoms with Crippen LogP contribution in [0.3, 0.4) is 0 Å². The molecule has 33 heavy (non-hydrogen) atoms. The first-order valence-electron chi connectivity index (χ1n) is 10.4. The van der Waals surface area contributed by atoms with Crippen molar-refractivity contribution in [3.8, 4) is 22.1 Å². The van der Waals surface area contributed by atoms with E-state index in [-0.39, 0.29) is 11.3 Å². The van der Waals surface area contributed by atoms with Crippen molar-refractivity contribution in [2.45, 2.75) is 51.2 Å². The molecule has 9 nitrogen and oxygen atoms in total. The zero-order valence-electron chi connectivity index (χ0n) is 18.5. The van der Waals surface area contributed by atoms with E-state index in [4.69, 9.17) is 21.1 Å². The van der Waals surface area contributed by atoms with Gasteiger partial charge in [-0.3, -0.25) is 15.1 Å². The molecule has 0 aliphatic heterocycles. The fourth-order valence-electron chi connectivity index (χ4n) is 3.70. The SMILES string of the molecule is COc1cnc(Cl)cc1-c1cc(C)ncc1C(=O)Nc1nnc(O[C@H]2CC[C@](C)(O)CC2)s1. The number of amides is 1. The zero-order chi connectivity index (χ0) is 23.6. The highest BCUT2D eigenvalue weighted by Crippen LogP contribution is 2.35. The maximum absolute atomic E-state index is 13.1. The number of carbonyl (C=O) groups is 1. The number of halogens is 1. The van der Waals surface area contributed by atoms with Gasteiger partial charge in [0.15, 0.2) is 0 Å². The van der Waals surface area contributed by atoms with E-state index in [0.717, 1.165) is 29.9 Å². The third-order valence-electron chi connectivity index (χ3n) is 5.53. The van der Waals surface area contributed by atoms with Crippen molar-refractivity contribution in [2.75, 3.05) is 12.4 Å². The van der Waals surface area contributed by atoms with Gasteiger partial charge in [0, 0.05) is 23.0 Å². The number of methoxy groups -OCH3 is 1. The molecule has 0 atom stereocenters. The van der Waals surface area contributed by atoms with Crippen molar-refractivity contribution in [3.63, 3.8) is 0 Å². The third-order valence-corrected chi connectivity index (χ3v) is 6.47. The van der Waals surface area contributed by atoms with Crippen molar-refractivity contribution in [3.05, 3.63) is 40.9 Å². The van der Waals surface area contributed by atoms with Gasteiger partial charge in [0.2, 0.25) is 5.13 Å². The zero-order valence-corrected chi connectivity index (χ0v) is 20.0. The maximum atomic E-state index is 13.1. The van der Waals surface area contributed by atoms with Crippen LogP contribution in [0.25, 0.3) is 11.1 Å². The molecule has 174 valence electrons. The molecule has 1 aliphatic carbocycles. The fraction of sp³-hybridized carbons (Fsp3) is 0.409. The summed E-state index contributed by atoms with van der Waals surface area (Å²) in [6.07, 6.45) is 5.80. The molecule has 4 rings (SSSR count). The van der Waals surface area contributed by atoms with E-state index in [1.807, 2.05) is 13.8 Å². The fourth-order valence-corrected chi connectivity index (χ4v) is 4.51. The van der Waals surface area contributed by atoms with Crippen LogP contribution in [0.1, 0.15) is 48.7 Å². The molecule has 0 spiro atoms. The smallest absolute Gasteiger partial charge is 0.296 e. The highest BCUT2D eigenvalue weighted by atomic mass is 35.5. The standard InChI is InChI=1S/C22H24ClN5O4S/c1-12-8-14(15-9-18(23)25-11-17(15)31-3)16(10-24-12)19(29)26-20-27-28-21(33-20)32-13-4-6-22(2,30)7-5-13/h8-11,13,30H,4-7H2,1-3H3,(H,26,27,29)/t13-,22-. The number of aromatic nitrogens is 4. The predicted octanol–water partition coefficient (Wildman–Crippen LogP) is 4.29. The molecule has 2 N–H and O–H groups in total. The number of pyridine rings is 2. The molecule has 1 aliphatic rings. The molecular formula is C22H24ClN5O4S. The number of rotatable bonds is 6. The summed E-state index contributed by atoms with van der Waals surface area (Å²) < 4.78 is 11.3. The van der Waals surface area contributed by atoms with Gasteiger partial charge in [-0.15, -0.1) is 5.10 Å². The summed E-state index contributed by atoms with van der Waals surface area (Å²) in [4.78, 5) is 21.4. The van der Waals surface area contributed by atoms with Gasteiger partial charge in [-0.25, -0.2) is 4.98 Å². The molecule has 3 aromatic rings. The molecule has 11 heteroatoms. The lowest BCUT2D eigenvalue weighted by atomic mass is 9.85. The van der Waals surface area contributed by atoms with E-state index in [0.29, 0.717) is 45.6 Å². The second-order valence-corrected chi connectivity index (χ2v) is 9.55. The van der Waals surface area contributed by atoms with Gasteiger partial charge >= 0.3 is 0 Å². The molecule has 0 aromatic carbocycles. The minimum atomic E-state index is -0.637. The van der Waals surface area contributed by atoms with Gasteiger partial charge in [0.05, 0.1) is 24.5 Å². The summed E-state index contributed by atoms with van der Waals surface area (Å²) >= 11 is 7.25. The van der Waals surface area contributed by atoms with Crippen LogP contribution in [0.5, 0.6) is 10.9 Å². The summed E-state index contributed by atoms with van der Waals surface area (Å²) in [6.45, 7) is 3.67. The minimum Gasteiger partial charge on any atom is -0.494 e. The molecule has 0 bridgehead atoms. The normalized spacial score (nSPS) is 20.3. The lowest BCUT2D eigenvalue weighted by molar-refractivity contribution is -0.0110. The van der Waals surface area contributed by atoms with Crippen LogP contribution in [0.4, 0.5) is 5.13 Å². The average Bonchev–Trinajstić information content (AvgIpc) is 3.21. The van der Waals surface area contributed by atoms with Gasteiger partial charge in [-0.05, 0) is 63.0 Å². The number of aryl methyl sites for hydroxylation is 1.